The maximum absolute atomic E-state index is 13.0. The second-order valence-electron chi connectivity index (χ2n) is 7.49. The number of furan rings is 1. The van der Waals surface area contributed by atoms with Crippen molar-refractivity contribution in [2.75, 3.05) is 0 Å². The average molecular weight is 455 g/mol. The number of benzene rings is 3. The highest BCUT2D eigenvalue weighted by Crippen LogP contribution is 2.35. The fourth-order valence-corrected chi connectivity index (χ4v) is 4.55. The van der Waals surface area contributed by atoms with Gasteiger partial charge in [0.15, 0.2) is 0 Å². The van der Waals surface area contributed by atoms with E-state index in [2.05, 4.69) is 0 Å². The third-order valence-corrected chi connectivity index (χ3v) is 6.31. The third-order valence-electron chi connectivity index (χ3n) is 5.40. The molecule has 7 heteroatoms. The van der Waals surface area contributed by atoms with Crippen LogP contribution < -0.4 is 0 Å². The SMILES string of the molecule is O=C(O)c1ccc(-c2ccc(/C=C3\SC(=O)N(Cc4cccc5ccccc45)C3=O)o2)cc1. The molecule has 1 fully saturated rings. The van der Waals surface area contributed by atoms with Crippen molar-refractivity contribution < 1.29 is 23.9 Å². The Morgan fingerprint density at radius 3 is 2.48 bits per heavy atom. The number of amides is 2. The van der Waals surface area contributed by atoms with Gasteiger partial charge in [0.05, 0.1) is 17.0 Å². The molecule has 6 nitrogen and oxygen atoms in total. The molecule has 1 aromatic heterocycles. The van der Waals surface area contributed by atoms with Gasteiger partial charge in [0.1, 0.15) is 11.5 Å². The van der Waals surface area contributed by atoms with Crippen molar-refractivity contribution in [3.8, 4) is 11.3 Å². The lowest BCUT2D eigenvalue weighted by Crippen LogP contribution is -2.27. The highest BCUT2D eigenvalue weighted by molar-refractivity contribution is 8.18. The summed E-state index contributed by atoms with van der Waals surface area (Å²) in [6, 6.07) is 23.5. The van der Waals surface area contributed by atoms with Crippen LogP contribution in [-0.2, 0) is 11.3 Å². The van der Waals surface area contributed by atoms with Gasteiger partial charge in [-0.15, -0.1) is 0 Å². The Hall–Kier alpha value is -4.10. The largest absolute Gasteiger partial charge is 0.478 e. The number of carboxylic acids is 1. The Morgan fingerprint density at radius 1 is 0.939 bits per heavy atom. The monoisotopic (exact) mass is 455 g/mol. The molecule has 0 radical (unpaired) electrons. The number of hydrogen-bond acceptors (Lipinski definition) is 5. The topological polar surface area (TPSA) is 87.8 Å². The Labute approximate surface area is 193 Å². The average Bonchev–Trinajstić information content (AvgIpc) is 3.39. The number of carbonyl (C=O) groups is 3. The summed E-state index contributed by atoms with van der Waals surface area (Å²) in [5.74, 6) is -0.390. The van der Waals surface area contributed by atoms with Gasteiger partial charge in [0.25, 0.3) is 11.1 Å². The van der Waals surface area contributed by atoms with Crippen molar-refractivity contribution in [3.63, 3.8) is 0 Å². The van der Waals surface area contributed by atoms with Crippen molar-refractivity contribution in [2.45, 2.75) is 6.54 Å². The normalized spacial score (nSPS) is 15.0. The van der Waals surface area contributed by atoms with E-state index < -0.39 is 5.97 Å². The molecule has 1 N–H and O–H groups in total. The minimum atomic E-state index is -0.999. The van der Waals surface area contributed by atoms with Gasteiger partial charge in [-0.05, 0) is 52.4 Å². The Morgan fingerprint density at radius 2 is 1.70 bits per heavy atom. The first-order chi connectivity index (χ1) is 16.0. The zero-order valence-electron chi connectivity index (χ0n) is 17.2. The van der Waals surface area contributed by atoms with E-state index in [4.69, 9.17) is 9.52 Å². The van der Waals surface area contributed by atoms with Gasteiger partial charge in [0.2, 0.25) is 0 Å². The molecule has 2 heterocycles. The van der Waals surface area contributed by atoms with E-state index in [1.807, 2.05) is 42.5 Å². The van der Waals surface area contributed by atoms with E-state index in [0.29, 0.717) is 22.0 Å². The van der Waals surface area contributed by atoms with Crippen LogP contribution in [0.15, 0.2) is 88.2 Å². The molecule has 0 spiro atoms. The fourth-order valence-electron chi connectivity index (χ4n) is 3.73. The number of aromatic carboxylic acids is 1. The molecule has 0 aliphatic carbocycles. The predicted molar refractivity (Wildman–Crippen MR) is 127 cm³/mol. The first-order valence-electron chi connectivity index (χ1n) is 10.2. The van der Waals surface area contributed by atoms with Crippen LogP contribution in [0.3, 0.4) is 0 Å². The van der Waals surface area contributed by atoms with E-state index in [-0.39, 0.29) is 23.3 Å². The van der Waals surface area contributed by atoms with E-state index in [9.17, 15) is 14.4 Å². The van der Waals surface area contributed by atoms with E-state index >= 15 is 0 Å². The van der Waals surface area contributed by atoms with Gasteiger partial charge in [-0.2, -0.15) is 0 Å². The van der Waals surface area contributed by atoms with Crippen LogP contribution in [0, 0.1) is 0 Å². The van der Waals surface area contributed by atoms with Gasteiger partial charge in [-0.25, -0.2) is 4.79 Å². The minimum Gasteiger partial charge on any atom is -0.478 e. The van der Waals surface area contributed by atoms with E-state index in [1.165, 1.54) is 17.0 Å². The van der Waals surface area contributed by atoms with Crippen LogP contribution in [0.4, 0.5) is 4.79 Å². The molecule has 3 aromatic carbocycles. The number of imide groups is 1. The Bertz CT molecular complexity index is 1430. The zero-order valence-corrected chi connectivity index (χ0v) is 18.0. The van der Waals surface area contributed by atoms with Crippen molar-refractivity contribution >= 4 is 45.7 Å². The van der Waals surface area contributed by atoms with Crippen molar-refractivity contribution in [2.24, 2.45) is 0 Å². The molecule has 1 saturated heterocycles. The molecule has 33 heavy (non-hydrogen) atoms. The number of nitrogens with zero attached hydrogens (tertiary/aromatic N) is 1. The maximum atomic E-state index is 13.0. The van der Waals surface area contributed by atoms with E-state index in [1.54, 1.807) is 30.3 Å². The number of rotatable bonds is 5. The van der Waals surface area contributed by atoms with E-state index in [0.717, 1.165) is 28.1 Å². The summed E-state index contributed by atoms with van der Waals surface area (Å²) in [7, 11) is 0. The Balaban J connectivity index is 1.37. The smallest absolute Gasteiger partial charge is 0.335 e. The van der Waals surface area contributed by atoms with Crippen LogP contribution in [0.5, 0.6) is 0 Å². The van der Waals surface area contributed by atoms with Gasteiger partial charge < -0.3 is 9.52 Å². The van der Waals surface area contributed by atoms with Gasteiger partial charge in [0, 0.05) is 11.6 Å². The molecule has 0 atom stereocenters. The maximum Gasteiger partial charge on any atom is 0.335 e. The quantitative estimate of drug-likeness (QED) is 0.370. The second-order valence-corrected chi connectivity index (χ2v) is 8.48. The molecule has 2 amide bonds. The molecule has 0 bridgehead atoms. The predicted octanol–water partition coefficient (Wildman–Crippen LogP) is 6.03. The molecule has 4 aromatic rings. The van der Waals surface area contributed by atoms with Crippen molar-refractivity contribution in [1.82, 2.24) is 4.90 Å². The first-order valence-corrected chi connectivity index (χ1v) is 11.0. The van der Waals surface area contributed by atoms with Crippen molar-refractivity contribution in [1.29, 1.82) is 0 Å². The highest BCUT2D eigenvalue weighted by Gasteiger charge is 2.35. The summed E-state index contributed by atoms with van der Waals surface area (Å²) in [6.07, 6.45) is 1.56. The summed E-state index contributed by atoms with van der Waals surface area (Å²) < 4.78 is 5.81. The zero-order chi connectivity index (χ0) is 22.9. The van der Waals surface area contributed by atoms with Crippen molar-refractivity contribution in [3.05, 3.63) is 101 Å². The fraction of sp³-hybridized carbons (Fsp3) is 0.0385. The summed E-state index contributed by atoms with van der Waals surface area (Å²) in [5.41, 5.74) is 1.80. The standard InChI is InChI=1S/C26H17NO5S/c28-24-23(14-20-12-13-22(32-20)17-8-10-18(11-9-17)25(29)30)33-26(31)27(24)15-19-6-3-5-16-4-1-2-7-21(16)19/h1-14H,15H2,(H,29,30)/b23-14-. The summed E-state index contributed by atoms with van der Waals surface area (Å²) in [6.45, 7) is 0.197. The number of thioether (sulfide) groups is 1. The molecule has 5 rings (SSSR count). The number of carboxylic acid groups (broad SMARTS) is 1. The lowest BCUT2D eigenvalue weighted by Gasteiger charge is -2.14. The number of hydrogen-bond donors (Lipinski definition) is 1. The summed E-state index contributed by atoms with van der Waals surface area (Å²) >= 11 is 0.885. The molecule has 162 valence electrons. The molecule has 1 aliphatic heterocycles. The molecule has 0 saturated carbocycles. The second kappa shape index (κ2) is 8.44. The lowest BCUT2D eigenvalue weighted by atomic mass is 10.0. The molecular formula is C26H17NO5S. The molecular weight excluding hydrogens is 438 g/mol. The minimum absolute atomic E-state index is 0.186. The molecule has 0 unspecified atom stereocenters. The van der Waals surface area contributed by atoms with Gasteiger partial charge >= 0.3 is 5.97 Å². The third kappa shape index (κ3) is 4.06. The van der Waals surface area contributed by atoms with Crippen LogP contribution >= 0.6 is 11.8 Å². The van der Waals surface area contributed by atoms with Crippen LogP contribution in [0.2, 0.25) is 0 Å². The summed E-state index contributed by atoms with van der Waals surface area (Å²) in [5, 5.41) is 10.8. The molecule has 1 aliphatic rings. The first kappa shape index (κ1) is 20.8. The van der Waals surface area contributed by atoms with Crippen LogP contribution in [0.25, 0.3) is 28.2 Å². The lowest BCUT2D eigenvalue weighted by molar-refractivity contribution is -0.123. The summed E-state index contributed by atoms with van der Waals surface area (Å²) in [4.78, 5) is 38.1. The van der Waals surface area contributed by atoms with Crippen LogP contribution in [0.1, 0.15) is 21.7 Å². The highest BCUT2D eigenvalue weighted by atomic mass is 32.2. The van der Waals surface area contributed by atoms with Crippen LogP contribution in [-0.4, -0.2) is 27.1 Å². The number of fused-ring (bicyclic) bond motifs is 1. The number of carbonyl (C=O) groups excluding carboxylic acids is 2. The van der Waals surface area contributed by atoms with Gasteiger partial charge in [-0.3, -0.25) is 14.5 Å². The Kier molecular flexibility index (Phi) is 5.32. The van der Waals surface area contributed by atoms with Gasteiger partial charge in [-0.1, -0.05) is 54.6 Å².